The van der Waals surface area contributed by atoms with Gasteiger partial charge in [-0.05, 0) is 43.2 Å². The number of rotatable bonds is 4. The van der Waals surface area contributed by atoms with E-state index in [1.807, 2.05) is 12.1 Å². The molecule has 8 heteroatoms. The summed E-state index contributed by atoms with van der Waals surface area (Å²) in [6, 6.07) is 13.0. The minimum atomic E-state index is -3.82. The molecule has 7 nitrogen and oxygen atoms in total. The number of para-hydroxylation sites is 1. The number of hydrogen-bond donors (Lipinski definition) is 0. The van der Waals surface area contributed by atoms with Gasteiger partial charge in [-0.25, -0.2) is 18.0 Å². The maximum Gasteiger partial charge on any atom is 0.347 e. The van der Waals surface area contributed by atoms with Gasteiger partial charge in [-0.3, -0.25) is 4.31 Å². The highest BCUT2D eigenvalue weighted by atomic mass is 32.2. The van der Waals surface area contributed by atoms with Crippen LogP contribution in [-0.2, 0) is 30.7 Å². The van der Waals surface area contributed by atoms with Crippen LogP contribution in [-0.4, -0.2) is 39.1 Å². The van der Waals surface area contributed by atoms with Crippen molar-refractivity contribution >= 4 is 27.6 Å². The van der Waals surface area contributed by atoms with Crippen LogP contribution < -0.4 is 4.31 Å². The second-order valence-electron chi connectivity index (χ2n) is 6.86. The minimum Gasteiger partial charge on any atom is -0.460 e. The zero-order chi connectivity index (χ0) is 19.9. The van der Waals surface area contributed by atoms with Crippen LogP contribution in [0.15, 0.2) is 53.4 Å². The Kier molecular flexibility index (Phi) is 4.58. The summed E-state index contributed by atoms with van der Waals surface area (Å²) in [6.07, 6.45) is -0.354. The first-order chi connectivity index (χ1) is 13.4. The second kappa shape index (κ2) is 6.94. The van der Waals surface area contributed by atoms with E-state index in [1.165, 1.54) is 28.6 Å². The molecule has 0 aliphatic carbocycles. The third kappa shape index (κ3) is 3.24. The highest BCUT2D eigenvalue weighted by Gasteiger charge is 2.36. The lowest BCUT2D eigenvalue weighted by Crippen LogP contribution is -2.29. The summed E-state index contributed by atoms with van der Waals surface area (Å²) in [5.74, 6) is -1.34. The Balaban J connectivity index is 1.58. The Morgan fingerprint density at radius 1 is 1.18 bits per heavy atom. The van der Waals surface area contributed by atoms with Crippen molar-refractivity contribution in [1.82, 2.24) is 0 Å². The molecule has 2 aliphatic rings. The van der Waals surface area contributed by atoms with Gasteiger partial charge >= 0.3 is 11.9 Å². The zero-order valence-electron chi connectivity index (χ0n) is 15.2. The lowest BCUT2D eigenvalue weighted by Gasteiger charge is -2.20. The van der Waals surface area contributed by atoms with E-state index in [1.54, 1.807) is 19.1 Å². The van der Waals surface area contributed by atoms with Gasteiger partial charge < -0.3 is 9.47 Å². The van der Waals surface area contributed by atoms with Gasteiger partial charge in [0, 0.05) is 13.0 Å². The lowest BCUT2D eigenvalue weighted by molar-refractivity contribution is -0.147. The maximum absolute atomic E-state index is 13.1. The summed E-state index contributed by atoms with van der Waals surface area (Å²) < 4.78 is 37.8. The standard InChI is InChI=1S/C20H19NO6S/c1-13-11-18(20(23)26-13)27-19(22)15-6-4-7-16(12-15)28(24,25)21-10-9-14-5-2-3-8-17(14)21/h2-8,12-13,18H,9-11H2,1H3. The quantitative estimate of drug-likeness (QED) is 0.731. The van der Waals surface area contributed by atoms with Crippen molar-refractivity contribution in [3.05, 3.63) is 59.7 Å². The molecule has 0 saturated carbocycles. The van der Waals surface area contributed by atoms with E-state index in [2.05, 4.69) is 0 Å². The molecule has 146 valence electrons. The zero-order valence-corrected chi connectivity index (χ0v) is 16.0. The van der Waals surface area contributed by atoms with Gasteiger partial charge in [0.15, 0.2) is 0 Å². The van der Waals surface area contributed by atoms with Crippen LogP contribution in [0.25, 0.3) is 0 Å². The Bertz CT molecular complexity index is 1050. The fourth-order valence-electron chi connectivity index (χ4n) is 3.48. The largest absolute Gasteiger partial charge is 0.460 e. The number of carbonyl (C=O) groups excluding carboxylic acids is 2. The molecule has 0 aromatic heterocycles. The van der Waals surface area contributed by atoms with Gasteiger partial charge in [0.25, 0.3) is 10.0 Å². The Morgan fingerprint density at radius 3 is 2.71 bits per heavy atom. The summed E-state index contributed by atoms with van der Waals surface area (Å²) in [4.78, 5) is 24.1. The van der Waals surface area contributed by atoms with E-state index in [4.69, 9.17) is 9.47 Å². The van der Waals surface area contributed by atoms with Gasteiger partial charge in [0.1, 0.15) is 6.10 Å². The van der Waals surface area contributed by atoms with E-state index >= 15 is 0 Å². The molecule has 1 fully saturated rings. The average Bonchev–Trinajstić information content (AvgIpc) is 3.25. The van der Waals surface area contributed by atoms with Crippen LogP contribution in [0.1, 0.15) is 29.3 Å². The number of cyclic esters (lactones) is 1. The predicted molar refractivity (Wildman–Crippen MR) is 100 cm³/mol. The molecule has 2 heterocycles. The molecule has 0 amide bonds. The van der Waals surface area contributed by atoms with Gasteiger partial charge in [-0.15, -0.1) is 0 Å². The molecular formula is C20H19NO6S. The number of anilines is 1. The molecule has 1 saturated heterocycles. The summed E-state index contributed by atoms with van der Waals surface area (Å²) in [5.41, 5.74) is 1.69. The number of hydrogen-bond acceptors (Lipinski definition) is 6. The first-order valence-electron chi connectivity index (χ1n) is 8.98. The van der Waals surface area contributed by atoms with Gasteiger partial charge in [-0.2, -0.15) is 0 Å². The summed E-state index contributed by atoms with van der Waals surface area (Å²) in [5, 5.41) is 0. The van der Waals surface area contributed by atoms with Gasteiger partial charge in [0.2, 0.25) is 6.10 Å². The Labute approximate surface area is 162 Å². The number of ether oxygens (including phenoxy) is 2. The van der Waals surface area contributed by atoms with Crippen molar-refractivity contribution < 1.29 is 27.5 Å². The molecule has 2 unspecified atom stereocenters. The maximum atomic E-state index is 13.1. The highest BCUT2D eigenvalue weighted by molar-refractivity contribution is 7.92. The van der Waals surface area contributed by atoms with Crippen molar-refractivity contribution in [2.75, 3.05) is 10.8 Å². The molecule has 2 aliphatic heterocycles. The predicted octanol–water partition coefficient (Wildman–Crippen LogP) is 2.30. The monoisotopic (exact) mass is 401 g/mol. The number of carbonyl (C=O) groups is 2. The topological polar surface area (TPSA) is 90.0 Å². The fraction of sp³-hybridized carbons (Fsp3) is 0.300. The van der Waals surface area contributed by atoms with Crippen LogP contribution in [0.4, 0.5) is 5.69 Å². The Morgan fingerprint density at radius 2 is 1.96 bits per heavy atom. The summed E-state index contributed by atoms with van der Waals surface area (Å²) >= 11 is 0. The third-order valence-corrected chi connectivity index (χ3v) is 6.69. The molecule has 0 bridgehead atoms. The molecule has 0 N–H and O–H groups in total. The summed E-state index contributed by atoms with van der Waals surface area (Å²) in [7, 11) is -3.82. The third-order valence-electron chi connectivity index (χ3n) is 4.88. The molecule has 0 radical (unpaired) electrons. The van der Waals surface area contributed by atoms with Crippen molar-refractivity contribution in [3.63, 3.8) is 0 Å². The van der Waals surface area contributed by atoms with Crippen molar-refractivity contribution in [3.8, 4) is 0 Å². The van der Waals surface area contributed by atoms with Crippen LogP contribution in [0.3, 0.4) is 0 Å². The van der Waals surface area contributed by atoms with E-state index in [0.717, 1.165) is 5.56 Å². The number of esters is 2. The first kappa shape index (κ1) is 18.5. The molecule has 4 rings (SSSR count). The molecule has 2 aromatic carbocycles. The molecule has 2 aromatic rings. The van der Waals surface area contributed by atoms with Crippen LogP contribution in [0, 0.1) is 0 Å². The number of nitrogens with zero attached hydrogens (tertiary/aromatic N) is 1. The highest BCUT2D eigenvalue weighted by Crippen LogP contribution is 2.33. The Hall–Kier alpha value is -2.87. The van der Waals surface area contributed by atoms with Crippen molar-refractivity contribution in [2.24, 2.45) is 0 Å². The average molecular weight is 401 g/mol. The lowest BCUT2D eigenvalue weighted by atomic mass is 10.2. The molecule has 2 atom stereocenters. The van der Waals surface area contributed by atoms with Gasteiger partial charge in [0.05, 0.1) is 16.1 Å². The molecule has 28 heavy (non-hydrogen) atoms. The van der Waals surface area contributed by atoms with Crippen molar-refractivity contribution in [2.45, 2.75) is 36.9 Å². The van der Waals surface area contributed by atoms with Crippen LogP contribution in [0.5, 0.6) is 0 Å². The first-order valence-corrected chi connectivity index (χ1v) is 10.4. The van der Waals surface area contributed by atoms with E-state index in [-0.39, 0.29) is 23.0 Å². The van der Waals surface area contributed by atoms with Crippen LogP contribution >= 0.6 is 0 Å². The van der Waals surface area contributed by atoms with Gasteiger partial charge in [-0.1, -0.05) is 24.3 Å². The van der Waals surface area contributed by atoms with Crippen molar-refractivity contribution in [1.29, 1.82) is 0 Å². The fourth-order valence-corrected chi connectivity index (χ4v) is 5.03. The SMILES string of the molecule is CC1CC(OC(=O)c2cccc(S(=O)(=O)N3CCc4ccccc43)c2)C(=O)O1. The summed E-state index contributed by atoms with van der Waals surface area (Å²) in [6.45, 7) is 2.06. The van der Waals surface area contributed by atoms with E-state index in [0.29, 0.717) is 18.7 Å². The smallest absolute Gasteiger partial charge is 0.347 e. The van der Waals surface area contributed by atoms with E-state index < -0.39 is 28.1 Å². The number of fused-ring (bicyclic) bond motifs is 1. The van der Waals surface area contributed by atoms with Crippen LogP contribution in [0.2, 0.25) is 0 Å². The second-order valence-corrected chi connectivity index (χ2v) is 8.72. The molecular weight excluding hydrogens is 382 g/mol. The molecule has 0 spiro atoms. The number of sulfonamides is 1. The number of benzene rings is 2. The van der Waals surface area contributed by atoms with E-state index in [9.17, 15) is 18.0 Å². The minimum absolute atomic E-state index is 0.000944. The normalized spacial score (nSPS) is 21.3.